The Morgan fingerprint density at radius 1 is 1.19 bits per heavy atom. The molecule has 2 rings (SSSR count). The molecule has 0 bridgehead atoms. The van der Waals surface area contributed by atoms with Gasteiger partial charge < -0.3 is 15.8 Å². The summed E-state index contributed by atoms with van der Waals surface area (Å²) in [6, 6.07) is 9.83. The van der Waals surface area contributed by atoms with Crippen LogP contribution in [0.25, 0.3) is 0 Å². The van der Waals surface area contributed by atoms with Crippen molar-refractivity contribution in [1.29, 1.82) is 0 Å². The van der Waals surface area contributed by atoms with Crippen LogP contribution in [0.5, 0.6) is 5.75 Å². The van der Waals surface area contributed by atoms with E-state index in [-0.39, 0.29) is 5.91 Å². The number of nitrogens with one attached hydrogen (secondary N) is 1. The number of amides is 1. The molecule has 0 fully saturated rings. The van der Waals surface area contributed by atoms with Crippen molar-refractivity contribution in [2.24, 2.45) is 0 Å². The SMILES string of the molecule is CCOc1ccc(C(=O)Nc2cc(Cl)c(N)cc2Cl)cc1. The van der Waals surface area contributed by atoms with E-state index in [0.717, 1.165) is 0 Å². The van der Waals surface area contributed by atoms with Gasteiger partial charge in [0.25, 0.3) is 5.91 Å². The van der Waals surface area contributed by atoms with Gasteiger partial charge in [-0.3, -0.25) is 4.79 Å². The summed E-state index contributed by atoms with van der Waals surface area (Å²) < 4.78 is 5.32. The summed E-state index contributed by atoms with van der Waals surface area (Å²) >= 11 is 11.9. The standard InChI is InChI=1S/C15H14Cl2N2O2/c1-2-21-10-5-3-9(4-6-10)15(20)19-14-8-11(16)13(18)7-12(14)17/h3-8H,2,18H2,1H3,(H,19,20). The number of hydrogen-bond donors (Lipinski definition) is 2. The van der Waals surface area contributed by atoms with E-state index in [9.17, 15) is 4.79 Å². The van der Waals surface area contributed by atoms with Crippen molar-refractivity contribution in [3.8, 4) is 5.75 Å². The molecule has 0 aliphatic heterocycles. The number of benzene rings is 2. The zero-order chi connectivity index (χ0) is 15.4. The number of halogens is 2. The van der Waals surface area contributed by atoms with Crippen molar-refractivity contribution in [2.45, 2.75) is 6.92 Å². The van der Waals surface area contributed by atoms with Crippen LogP contribution in [0.3, 0.4) is 0 Å². The van der Waals surface area contributed by atoms with Crippen LogP contribution >= 0.6 is 23.2 Å². The van der Waals surface area contributed by atoms with Gasteiger partial charge in [-0.25, -0.2) is 0 Å². The molecule has 0 aliphatic rings. The molecule has 0 unspecified atom stereocenters. The third kappa shape index (κ3) is 3.80. The number of carbonyl (C=O) groups excluding carboxylic acids is 1. The van der Waals surface area contributed by atoms with E-state index in [1.54, 1.807) is 24.3 Å². The molecule has 3 N–H and O–H groups in total. The lowest BCUT2D eigenvalue weighted by Crippen LogP contribution is -2.12. The van der Waals surface area contributed by atoms with Gasteiger partial charge in [0.05, 0.1) is 28.0 Å². The van der Waals surface area contributed by atoms with Gasteiger partial charge in [-0.05, 0) is 43.3 Å². The fourth-order valence-electron chi connectivity index (χ4n) is 1.72. The first-order chi connectivity index (χ1) is 10.0. The molecule has 21 heavy (non-hydrogen) atoms. The van der Waals surface area contributed by atoms with Crippen LogP contribution < -0.4 is 15.8 Å². The van der Waals surface area contributed by atoms with Crippen molar-refractivity contribution >= 4 is 40.5 Å². The monoisotopic (exact) mass is 324 g/mol. The molecule has 0 heterocycles. The molecule has 0 saturated carbocycles. The zero-order valence-corrected chi connectivity index (χ0v) is 12.8. The summed E-state index contributed by atoms with van der Waals surface area (Å²) in [6.07, 6.45) is 0. The summed E-state index contributed by atoms with van der Waals surface area (Å²) in [4.78, 5) is 12.1. The Morgan fingerprint density at radius 2 is 1.86 bits per heavy atom. The quantitative estimate of drug-likeness (QED) is 0.827. The minimum atomic E-state index is -0.291. The van der Waals surface area contributed by atoms with Crippen LogP contribution in [0.1, 0.15) is 17.3 Å². The predicted molar refractivity (Wildman–Crippen MR) is 86.4 cm³/mol. The van der Waals surface area contributed by atoms with E-state index in [1.807, 2.05) is 6.92 Å². The molecule has 0 saturated heterocycles. The summed E-state index contributed by atoms with van der Waals surface area (Å²) in [5, 5.41) is 3.36. The summed E-state index contributed by atoms with van der Waals surface area (Å²) in [7, 11) is 0. The lowest BCUT2D eigenvalue weighted by atomic mass is 10.2. The van der Waals surface area contributed by atoms with Crippen molar-refractivity contribution in [2.75, 3.05) is 17.7 Å². The Hall–Kier alpha value is -1.91. The normalized spacial score (nSPS) is 10.2. The highest BCUT2D eigenvalue weighted by atomic mass is 35.5. The maximum atomic E-state index is 12.1. The first-order valence-electron chi connectivity index (χ1n) is 6.30. The van der Waals surface area contributed by atoms with E-state index in [1.165, 1.54) is 12.1 Å². The average Bonchev–Trinajstić information content (AvgIpc) is 2.46. The van der Waals surface area contributed by atoms with Crippen molar-refractivity contribution in [1.82, 2.24) is 0 Å². The van der Waals surface area contributed by atoms with E-state index in [2.05, 4.69) is 5.32 Å². The highest BCUT2D eigenvalue weighted by molar-refractivity contribution is 6.37. The molecule has 1 amide bonds. The maximum absolute atomic E-state index is 12.1. The van der Waals surface area contributed by atoms with Gasteiger partial charge in [0, 0.05) is 5.56 Å². The van der Waals surface area contributed by atoms with Gasteiger partial charge in [0.15, 0.2) is 0 Å². The second kappa shape index (κ2) is 6.70. The van der Waals surface area contributed by atoms with Crippen LogP contribution in [0, 0.1) is 0 Å². The smallest absolute Gasteiger partial charge is 0.255 e. The summed E-state index contributed by atoms with van der Waals surface area (Å²) in [5.41, 5.74) is 6.90. The van der Waals surface area contributed by atoms with Gasteiger partial charge >= 0.3 is 0 Å². The first kappa shape index (κ1) is 15.5. The van der Waals surface area contributed by atoms with Gasteiger partial charge in [-0.1, -0.05) is 23.2 Å². The average molecular weight is 325 g/mol. The molecule has 0 spiro atoms. The van der Waals surface area contributed by atoms with Crippen LogP contribution in [0.15, 0.2) is 36.4 Å². The zero-order valence-electron chi connectivity index (χ0n) is 11.3. The Labute approximate surface area is 132 Å². The Kier molecular flexibility index (Phi) is 4.94. The number of hydrogen-bond acceptors (Lipinski definition) is 3. The number of nitrogen functional groups attached to an aromatic ring is 1. The van der Waals surface area contributed by atoms with Gasteiger partial charge in [-0.15, -0.1) is 0 Å². The van der Waals surface area contributed by atoms with Crippen LogP contribution in [0.4, 0.5) is 11.4 Å². The van der Waals surface area contributed by atoms with Crippen LogP contribution in [-0.2, 0) is 0 Å². The maximum Gasteiger partial charge on any atom is 0.255 e. The fraction of sp³-hybridized carbons (Fsp3) is 0.133. The van der Waals surface area contributed by atoms with E-state index < -0.39 is 0 Å². The second-order valence-electron chi connectivity index (χ2n) is 4.27. The molecular weight excluding hydrogens is 311 g/mol. The summed E-state index contributed by atoms with van der Waals surface area (Å²) in [5.74, 6) is 0.420. The van der Waals surface area contributed by atoms with Crippen molar-refractivity contribution in [3.05, 3.63) is 52.0 Å². The molecule has 2 aromatic rings. The third-order valence-electron chi connectivity index (χ3n) is 2.76. The van der Waals surface area contributed by atoms with Gasteiger partial charge in [-0.2, -0.15) is 0 Å². The first-order valence-corrected chi connectivity index (χ1v) is 7.05. The Bertz CT molecular complexity index is 657. The topological polar surface area (TPSA) is 64.3 Å². The molecule has 0 atom stereocenters. The molecule has 110 valence electrons. The minimum absolute atomic E-state index is 0.291. The molecule has 0 aromatic heterocycles. The highest BCUT2D eigenvalue weighted by Crippen LogP contribution is 2.31. The molecule has 0 aliphatic carbocycles. The molecule has 6 heteroatoms. The largest absolute Gasteiger partial charge is 0.494 e. The minimum Gasteiger partial charge on any atom is -0.494 e. The van der Waals surface area contributed by atoms with E-state index in [0.29, 0.717) is 39.3 Å². The van der Waals surface area contributed by atoms with Gasteiger partial charge in [0.1, 0.15) is 5.75 Å². The molecule has 0 radical (unpaired) electrons. The van der Waals surface area contributed by atoms with Crippen molar-refractivity contribution < 1.29 is 9.53 Å². The third-order valence-corrected chi connectivity index (χ3v) is 3.40. The van der Waals surface area contributed by atoms with Gasteiger partial charge in [0.2, 0.25) is 0 Å². The number of anilines is 2. The van der Waals surface area contributed by atoms with Crippen LogP contribution in [-0.4, -0.2) is 12.5 Å². The fourth-order valence-corrected chi connectivity index (χ4v) is 2.10. The van der Waals surface area contributed by atoms with E-state index in [4.69, 9.17) is 33.7 Å². The van der Waals surface area contributed by atoms with Crippen molar-refractivity contribution in [3.63, 3.8) is 0 Å². The summed E-state index contributed by atoms with van der Waals surface area (Å²) in [6.45, 7) is 2.47. The number of carbonyl (C=O) groups is 1. The molecule has 4 nitrogen and oxygen atoms in total. The lowest BCUT2D eigenvalue weighted by molar-refractivity contribution is 0.102. The lowest BCUT2D eigenvalue weighted by Gasteiger charge is -2.10. The molecule has 2 aromatic carbocycles. The highest BCUT2D eigenvalue weighted by Gasteiger charge is 2.11. The Morgan fingerprint density at radius 3 is 2.48 bits per heavy atom. The molecular formula is C15H14Cl2N2O2. The van der Waals surface area contributed by atoms with Crippen LogP contribution in [0.2, 0.25) is 10.0 Å². The number of rotatable bonds is 4. The second-order valence-corrected chi connectivity index (χ2v) is 5.08. The number of nitrogens with two attached hydrogens (primary N) is 1. The number of ether oxygens (including phenoxy) is 1. The predicted octanol–water partition coefficient (Wildman–Crippen LogP) is 4.23. The Balaban J connectivity index is 2.16. The van der Waals surface area contributed by atoms with E-state index >= 15 is 0 Å².